The summed E-state index contributed by atoms with van der Waals surface area (Å²) in [4.78, 5) is 18.6. The number of hydrogen-bond donors (Lipinski definition) is 2. The molecule has 0 aliphatic heterocycles. The van der Waals surface area contributed by atoms with E-state index in [1.54, 1.807) is 0 Å². The molecular weight excluding hydrogens is 274 g/mol. The Bertz CT molecular complexity index is 444. The maximum absolute atomic E-state index is 12.6. The van der Waals surface area contributed by atoms with Gasteiger partial charge in [0.25, 0.3) is 0 Å². The maximum Gasteiger partial charge on any atom is 0.236 e. The number of carbonyl (C=O) groups excluding carboxylic acids is 1. The van der Waals surface area contributed by atoms with E-state index >= 15 is 0 Å². The Morgan fingerprint density at radius 1 is 1.50 bits per heavy atom. The Balaban J connectivity index is 1.96. The number of hydrogen-bond acceptors (Lipinski definition) is 5. The van der Waals surface area contributed by atoms with Gasteiger partial charge in [0.05, 0.1) is 5.25 Å². The van der Waals surface area contributed by atoms with E-state index in [1.165, 1.54) is 31.0 Å². The number of carbonyl (C=O) groups is 1. The van der Waals surface area contributed by atoms with Crippen LogP contribution in [0.2, 0.25) is 0 Å². The second-order valence-corrected chi connectivity index (χ2v) is 6.49. The fraction of sp³-hybridized carbons (Fsp3) is 0.769. The Labute approximate surface area is 123 Å². The standard InChI is InChI=1S/C13H23N5OS/c1-3-18(10-7-5-4-6-8-10)11(19)9(2)20-13-15-12(14)16-17-13/h9-10H,3-8H2,1-2H3,(H3,14,15,16,17). The first kappa shape index (κ1) is 15.2. The fourth-order valence-corrected chi connectivity index (χ4v) is 3.54. The third-order valence-electron chi connectivity index (χ3n) is 3.75. The summed E-state index contributed by atoms with van der Waals surface area (Å²) in [6.45, 7) is 4.73. The molecule has 0 spiro atoms. The highest BCUT2D eigenvalue weighted by atomic mass is 32.2. The first-order chi connectivity index (χ1) is 9.61. The molecular formula is C13H23N5OS. The van der Waals surface area contributed by atoms with E-state index < -0.39 is 0 Å². The van der Waals surface area contributed by atoms with Crippen LogP contribution in [0.1, 0.15) is 46.0 Å². The zero-order valence-corrected chi connectivity index (χ0v) is 12.9. The van der Waals surface area contributed by atoms with Crippen LogP contribution >= 0.6 is 11.8 Å². The van der Waals surface area contributed by atoms with Crippen LogP contribution in [0.25, 0.3) is 0 Å². The number of aromatic amines is 1. The monoisotopic (exact) mass is 297 g/mol. The lowest BCUT2D eigenvalue weighted by molar-refractivity contribution is -0.133. The molecule has 1 aromatic heterocycles. The van der Waals surface area contributed by atoms with Crippen LogP contribution in [-0.2, 0) is 4.79 Å². The lowest BCUT2D eigenvalue weighted by Gasteiger charge is -2.35. The van der Waals surface area contributed by atoms with Gasteiger partial charge in [0.2, 0.25) is 17.0 Å². The molecule has 1 amide bonds. The molecule has 1 aliphatic carbocycles. The van der Waals surface area contributed by atoms with Crippen molar-refractivity contribution in [2.24, 2.45) is 0 Å². The van der Waals surface area contributed by atoms with Gasteiger partial charge in [-0.3, -0.25) is 4.79 Å². The fourth-order valence-electron chi connectivity index (χ4n) is 2.74. The van der Waals surface area contributed by atoms with Crippen molar-refractivity contribution < 1.29 is 4.79 Å². The number of rotatable bonds is 5. The lowest BCUT2D eigenvalue weighted by Crippen LogP contribution is -2.44. The topological polar surface area (TPSA) is 87.9 Å². The minimum Gasteiger partial charge on any atom is -0.368 e. The quantitative estimate of drug-likeness (QED) is 0.812. The van der Waals surface area contributed by atoms with Gasteiger partial charge in [-0.2, -0.15) is 4.98 Å². The molecule has 1 aromatic rings. The molecule has 1 aliphatic rings. The first-order valence-electron chi connectivity index (χ1n) is 7.26. The summed E-state index contributed by atoms with van der Waals surface area (Å²) in [6.07, 6.45) is 6.01. The maximum atomic E-state index is 12.6. The van der Waals surface area contributed by atoms with E-state index in [2.05, 4.69) is 22.1 Å². The van der Waals surface area contributed by atoms with Gasteiger partial charge in [-0.15, -0.1) is 5.10 Å². The van der Waals surface area contributed by atoms with Crippen LogP contribution in [0.4, 0.5) is 5.95 Å². The predicted molar refractivity (Wildman–Crippen MR) is 80.4 cm³/mol. The SMILES string of the molecule is CCN(C(=O)C(C)Sc1n[nH]c(N)n1)C1CCCCC1. The smallest absolute Gasteiger partial charge is 0.236 e. The van der Waals surface area contributed by atoms with E-state index in [0.717, 1.165) is 19.4 Å². The van der Waals surface area contributed by atoms with Crippen molar-refractivity contribution in [2.75, 3.05) is 12.3 Å². The van der Waals surface area contributed by atoms with E-state index in [1.807, 2.05) is 11.8 Å². The molecule has 6 nitrogen and oxygen atoms in total. The normalized spacial score (nSPS) is 17.9. The number of thioether (sulfide) groups is 1. The summed E-state index contributed by atoms with van der Waals surface area (Å²) in [5, 5.41) is 6.90. The number of nitrogen functional groups attached to an aromatic ring is 1. The van der Waals surface area contributed by atoms with Gasteiger partial charge in [0, 0.05) is 12.6 Å². The molecule has 1 heterocycles. The number of anilines is 1. The van der Waals surface area contributed by atoms with Crippen molar-refractivity contribution in [3.05, 3.63) is 0 Å². The van der Waals surface area contributed by atoms with Crippen LogP contribution in [0, 0.1) is 0 Å². The summed E-state index contributed by atoms with van der Waals surface area (Å²) >= 11 is 1.36. The Kier molecular flexibility index (Phi) is 5.28. The number of nitrogens with one attached hydrogen (secondary N) is 1. The van der Waals surface area contributed by atoms with Gasteiger partial charge < -0.3 is 10.6 Å². The highest BCUT2D eigenvalue weighted by Crippen LogP contribution is 2.26. The van der Waals surface area contributed by atoms with Crippen LogP contribution in [0.5, 0.6) is 0 Å². The van der Waals surface area contributed by atoms with Gasteiger partial charge >= 0.3 is 0 Å². The second-order valence-electron chi connectivity index (χ2n) is 5.18. The third kappa shape index (κ3) is 3.65. The van der Waals surface area contributed by atoms with E-state index in [4.69, 9.17) is 5.73 Å². The Morgan fingerprint density at radius 2 is 2.20 bits per heavy atom. The van der Waals surface area contributed by atoms with Crippen molar-refractivity contribution in [3.8, 4) is 0 Å². The number of aromatic nitrogens is 3. The summed E-state index contributed by atoms with van der Waals surface area (Å²) in [7, 11) is 0. The number of H-pyrrole nitrogens is 1. The van der Waals surface area contributed by atoms with Crippen LogP contribution in [0.15, 0.2) is 5.16 Å². The molecule has 2 rings (SSSR count). The molecule has 0 radical (unpaired) electrons. The summed E-state index contributed by atoms with van der Waals surface area (Å²) < 4.78 is 0. The minimum absolute atomic E-state index is 0.174. The summed E-state index contributed by atoms with van der Waals surface area (Å²) in [5.41, 5.74) is 5.50. The second kappa shape index (κ2) is 6.97. The van der Waals surface area contributed by atoms with Gasteiger partial charge in [-0.25, -0.2) is 5.10 Å². The van der Waals surface area contributed by atoms with Gasteiger partial charge in [-0.05, 0) is 26.7 Å². The molecule has 1 fully saturated rings. The molecule has 112 valence electrons. The van der Waals surface area contributed by atoms with Crippen molar-refractivity contribution in [3.63, 3.8) is 0 Å². The van der Waals surface area contributed by atoms with Gasteiger partial charge in [0.15, 0.2) is 0 Å². The lowest BCUT2D eigenvalue weighted by atomic mass is 9.94. The molecule has 1 saturated carbocycles. The van der Waals surface area contributed by atoms with Gasteiger partial charge in [0.1, 0.15) is 0 Å². The molecule has 3 N–H and O–H groups in total. The molecule has 0 saturated heterocycles. The Hall–Kier alpha value is -1.24. The molecule has 0 bridgehead atoms. The van der Waals surface area contributed by atoms with E-state index in [-0.39, 0.29) is 17.1 Å². The average Bonchev–Trinajstić information content (AvgIpc) is 2.86. The van der Waals surface area contributed by atoms with Crippen molar-refractivity contribution in [1.29, 1.82) is 0 Å². The zero-order chi connectivity index (χ0) is 14.5. The first-order valence-corrected chi connectivity index (χ1v) is 8.14. The van der Waals surface area contributed by atoms with Crippen molar-refractivity contribution >= 4 is 23.6 Å². The highest BCUT2D eigenvalue weighted by Gasteiger charge is 2.28. The zero-order valence-electron chi connectivity index (χ0n) is 12.1. The Morgan fingerprint density at radius 3 is 2.75 bits per heavy atom. The molecule has 1 atom stereocenters. The summed E-state index contributed by atoms with van der Waals surface area (Å²) in [5.74, 6) is 0.458. The number of nitrogens with zero attached hydrogens (tertiary/aromatic N) is 3. The molecule has 0 aromatic carbocycles. The molecule has 20 heavy (non-hydrogen) atoms. The number of nitrogens with two attached hydrogens (primary N) is 1. The van der Waals surface area contributed by atoms with Crippen LogP contribution < -0.4 is 5.73 Å². The predicted octanol–water partition coefficient (Wildman–Crippen LogP) is 2.05. The largest absolute Gasteiger partial charge is 0.368 e. The highest BCUT2D eigenvalue weighted by molar-refractivity contribution is 8.00. The van der Waals surface area contributed by atoms with E-state index in [9.17, 15) is 4.79 Å². The van der Waals surface area contributed by atoms with Gasteiger partial charge in [-0.1, -0.05) is 31.0 Å². The van der Waals surface area contributed by atoms with Crippen molar-refractivity contribution in [2.45, 2.75) is 62.4 Å². The van der Waals surface area contributed by atoms with Crippen LogP contribution in [-0.4, -0.2) is 43.8 Å². The number of amides is 1. The molecule has 1 unspecified atom stereocenters. The van der Waals surface area contributed by atoms with Crippen LogP contribution in [0.3, 0.4) is 0 Å². The van der Waals surface area contributed by atoms with Crippen molar-refractivity contribution in [1.82, 2.24) is 20.1 Å². The van der Waals surface area contributed by atoms with E-state index in [0.29, 0.717) is 11.2 Å². The third-order valence-corrected chi connectivity index (χ3v) is 4.70. The summed E-state index contributed by atoms with van der Waals surface area (Å²) in [6, 6.07) is 0.404. The molecule has 7 heteroatoms. The minimum atomic E-state index is -0.188. The average molecular weight is 297 g/mol.